The van der Waals surface area contributed by atoms with Gasteiger partial charge in [-0.25, -0.2) is 4.79 Å². The number of carbonyl (C=O) groups is 3. The van der Waals surface area contributed by atoms with Gasteiger partial charge in [0.2, 0.25) is 0 Å². The minimum Gasteiger partial charge on any atom is -0.507 e. The SMILES string of the molecule is Cc1cccc(C(=O)NC(CC(=O)O)C(=O)O)c1O. The molecule has 1 aromatic rings. The second-order valence-electron chi connectivity index (χ2n) is 3.93. The zero-order valence-corrected chi connectivity index (χ0v) is 10.1. The van der Waals surface area contributed by atoms with Gasteiger partial charge in [0, 0.05) is 0 Å². The number of phenolic OH excluding ortho intramolecular Hbond substituents is 1. The van der Waals surface area contributed by atoms with Gasteiger partial charge in [0.15, 0.2) is 0 Å². The fourth-order valence-electron chi connectivity index (χ4n) is 1.45. The molecule has 0 saturated heterocycles. The monoisotopic (exact) mass is 267 g/mol. The summed E-state index contributed by atoms with van der Waals surface area (Å²) < 4.78 is 0. The molecule has 1 atom stereocenters. The molecular formula is C12H13NO6. The van der Waals surface area contributed by atoms with Crippen LogP contribution in [0.5, 0.6) is 5.75 Å². The number of aryl methyl sites for hydroxylation is 1. The molecule has 0 radical (unpaired) electrons. The summed E-state index contributed by atoms with van der Waals surface area (Å²) in [5.41, 5.74) is 0.356. The highest BCUT2D eigenvalue weighted by Crippen LogP contribution is 2.21. The topological polar surface area (TPSA) is 124 Å². The first-order valence-electron chi connectivity index (χ1n) is 5.37. The zero-order chi connectivity index (χ0) is 14.6. The number of carbonyl (C=O) groups excluding carboxylic acids is 1. The Kier molecular flexibility index (Phi) is 4.46. The molecule has 4 N–H and O–H groups in total. The number of carboxylic acids is 2. The summed E-state index contributed by atoms with van der Waals surface area (Å²) in [6.45, 7) is 1.58. The van der Waals surface area contributed by atoms with Crippen LogP contribution in [0.15, 0.2) is 18.2 Å². The number of nitrogens with one attached hydrogen (secondary N) is 1. The molecule has 1 aromatic carbocycles. The van der Waals surface area contributed by atoms with Crippen molar-refractivity contribution >= 4 is 17.8 Å². The van der Waals surface area contributed by atoms with Crippen molar-refractivity contribution in [2.24, 2.45) is 0 Å². The third-order valence-corrected chi connectivity index (χ3v) is 2.46. The smallest absolute Gasteiger partial charge is 0.326 e. The first kappa shape index (κ1) is 14.5. The van der Waals surface area contributed by atoms with Crippen LogP contribution in [0.3, 0.4) is 0 Å². The van der Waals surface area contributed by atoms with Gasteiger partial charge in [-0.3, -0.25) is 9.59 Å². The highest BCUT2D eigenvalue weighted by atomic mass is 16.4. The van der Waals surface area contributed by atoms with Gasteiger partial charge >= 0.3 is 11.9 Å². The molecule has 0 aliphatic rings. The van der Waals surface area contributed by atoms with Crippen molar-refractivity contribution in [3.8, 4) is 5.75 Å². The molecule has 1 rings (SSSR count). The minimum absolute atomic E-state index is 0.100. The van der Waals surface area contributed by atoms with E-state index in [1.165, 1.54) is 12.1 Å². The lowest BCUT2D eigenvalue weighted by molar-refractivity contribution is -0.145. The lowest BCUT2D eigenvalue weighted by atomic mass is 10.1. The Morgan fingerprint density at radius 3 is 2.42 bits per heavy atom. The van der Waals surface area contributed by atoms with E-state index in [0.29, 0.717) is 5.56 Å². The summed E-state index contributed by atoms with van der Waals surface area (Å²) in [5.74, 6) is -3.90. The van der Waals surface area contributed by atoms with Gasteiger partial charge in [-0.2, -0.15) is 0 Å². The van der Waals surface area contributed by atoms with Gasteiger partial charge in [-0.05, 0) is 18.6 Å². The van der Waals surface area contributed by atoms with Crippen molar-refractivity contribution in [2.45, 2.75) is 19.4 Å². The molecular weight excluding hydrogens is 254 g/mol. The van der Waals surface area contributed by atoms with Crippen molar-refractivity contribution in [1.82, 2.24) is 5.32 Å². The number of aliphatic carboxylic acids is 2. The van der Waals surface area contributed by atoms with E-state index in [0.717, 1.165) is 0 Å². The van der Waals surface area contributed by atoms with E-state index in [9.17, 15) is 19.5 Å². The molecule has 0 heterocycles. The maximum atomic E-state index is 11.8. The number of phenols is 1. The van der Waals surface area contributed by atoms with Gasteiger partial charge in [-0.1, -0.05) is 12.1 Å². The lowest BCUT2D eigenvalue weighted by Gasteiger charge is -2.13. The molecule has 1 unspecified atom stereocenters. The third-order valence-electron chi connectivity index (χ3n) is 2.46. The van der Waals surface area contributed by atoms with Crippen LogP contribution in [0.2, 0.25) is 0 Å². The molecule has 1 amide bonds. The van der Waals surface area contributed by atoms with E-state index in [-0.39, 0.29) is 11.3 Å². The maximum Gasteiger partial charge on any atom is 0.326 e. The molecule has 0 aliphatic carbocycles. The van der Waals surface area contributed by atoms with Crippen molar-refractivity contribution in [3.63, 3.8) is 0 Å². The molecule has 7 nitrogen and oxygen atoms in total. The predicted molar refractivity (Wildman–Crippen MR) is 64.0 cm³/mol. The fraction of sp³-hybridized carbons (Fsp3) is 0.250. The molecule has 0 bridgehead atoms. The standard InChI is InChI=1S/C12H13NO6/c1-6-3-2-4-7(10(6)16)11(17)13-8(12(18)19)5-9(14)15/h2-4,8,16H,5H2,1H3,(H,13,17)(H,14,15)(H,18,19). The number of para-hydroxylation sites is 1. The van der Waals surface area contributed by atoms with Crippen LogP contribution in [0.25, 0.3) is 0 Å². The number of amides is 1. The second-order valence-corrected chi connectivity index (χ2v) is 3.93. The minimum atomic E-state index is -1.55. The Balaban J connectivity index is 2.91. The molecule has 0 saturated carbocycles. The summed E-state index contributed by atoms with van der Waals surface area (Å²) in [7, 11) is 0. The average Bonchev–Trinajstić information content (AvgIpc) is 2.31. The van der Waals surface area contributed by atoms with E-state index in [1.54, 1.807) is 13.0 Å². The van der Waals surface area contributed by atoms with E-state index < -0.39 is 30.3 Å². The van der Waals surface area contributed by atoms with Crippen molar-refractivity contribution in [1.29, 1.82) is 0 Å². The number of rotatable bonds is 5. The number of aromatic hydroxyl groups is 1. The maximum absolute atomic E-state index is 11.8. The van der Waals surface area contributed by atoms with Crippen LogP contribution in [0, 0.1) is 6.92 Å². The quantitative estimate of drug-likeness (QED) is 0.610. The van der Waals surface area contributed by atoms with Crippen LogP contribution in [-0.2, 0) is 9.59 Å². The molecule has 7 heteroatoms. The normalized spacial score (nSPS) is 11.6. The van der Waals surface area contributed by atoms with Crippen LogP contribution in [-0.4, -0.2) is 39.2 Å². The van der Waals surface area contributed by atoms with Gasteiger partial charge in [0.05, 0.1) is 12.0 Å². The molecule has 0 spiro atoms. The largest absolute Gasteiger partial charge is 0.507 e. The number of hydrogen-bond acceptors (Lipinski definition) is 4. The molecule has 102 valence electrons. The second kappa shape index (κ2) is 5.85. The Morgan fingerprint density at radius 1 is 1.26 bits per heavy atom. The summed E-state index contributed by atoms with van der Waals surface area (Å²) in [6, 6.07) is 2.87. The van der Waals surface area contributed by atoms with E-state index in [4.69, 9.17) is 10.2 Å². The van der Waals surface area contributed by atoms with Gasteiger partial charge < -0.3 is 20.6 Å². The van der Waals surface area contributed by atoms with Crippen molar-refractivity contribution in [2.75, 3.05) is 0 Å². The predicted octanol–water partition coefficient (Wildman–Crippen LogP) is 0.358. The van der Waals surface area contributed by atoms with Crippen LogP contribution in [0.4, 0.5) is 0 Å². The van der Waals surface area contributed by atoms with Crippen molar-refractivity contribution in [3.05, 3.63) is 29.3 Å². The number of carboxylic acid groups (broad SMARTS) is 2. The molecule has 0 aromatic heterocycles. The van der Waals surface area contributed by atoms with Gasteiger partial charge in [-0.15, -0.1) is 0 Å². The lowest BCUT2D eigenvalue weighted by Crippen LogP contribution is -2.42. The third kappa shape index (κ3) is 3.70. The summed E-state index contributed by atoms with van der Waals surface area (Å²) in [6.07, 6.45) is -0.742. The molecule has 0 aliphatic heterocycles. The number of hydrogen-bond donors (Lipinski definition) is 4. The van der Waals surface area contributed by atoms with Crippen LogP contribution in [0.1, 0.15) is 22.3 Å². The van der Waals surface area contributed by atoms with E-state index in [2.05, 4.69) is 5.32 Å². The first-order chi connectivity index (χ1) is 8.82. The fourth-order valence-corrected chi connectivity index (χ4v) is 1.45. The highest BCUT2D eigenvalue weighted by Gasteiger charge is 2.24. The number of benzene rings is 1. The van der Waals surface area contributed by atoms with E-state index in [1.807, 2.05) is 0 Å². The first-order valence-corrected chi connectivity index (χ1v) is 5.37. The van der Waals surface area contributed by atoms with Gasteiger partial charge in [0.1, 0.15) is 11.8 Å². The Hall–Kier alpha value is -2.57. The Morgan fingerprint density at radius 2 is 1.89 bits per heavy atom. The molecule has 0 fully saturated rings. The van der Waals surface area contributed by atoms with Crippen LogP contribution < -0.4 is 5.32 Å². The Labute approximate surface area is 108 Å². The summed E-state index contributed by atoms with van der Waals surface area (Å²) in [4.78, 5) is 33.1. The van der Waals surface area contributed by atoms with Crippen LogP contribution >= 0.6 is 0 Å². The van der Waals surface area contributed by atoms with Crippen molar-refractivity contribution < 1.29 is 29.7 Å². The Bertz CT molecular complexity index is 525. The molecule has 19 heavy (non-hydrogen) atoms. The summed E-state index contributed by atoms with van der Waals surface area (Å²) >= 11 is 0. The van der Waals surface area contributed by atoms with E-state index >= 15 is 0 Å². The summed E-state index contributed by atoms with van der Waals surface area (Å²) in [5, 5.41) is 29.1. The average molecular weight is 267 g/mol. The zero-order valence-electron chi connectivity index (χ0n) is 10.1. The highest BCUT2D eigenvalue weighted by molar-refractivity contribution is 5.99. The van der Waals surface area contributed by atoms with Gasteiger partial charge in [0.25, 0.3) is 5.91 Å².